The number of ether oxygens (including phenoxy) is 1. The number of nitrogens with zero attached hydrogens (tertiary/aromatic N) is 3. The molecule has 0 unspecified atom stereocenters. The predicted molar refractivity (Wildman–Crippen MR) is 97.3 cm³/mol. The number of nitrogens with one attached hydrogen (secondary N) is 1. The van der Waals surface area contributed by atoms with Gasteiger partial charge in [0.25, 0.3) is 0 Å². The van der Waals surface area contributed by atoms with E-state index in [0.717, 1.165) is 27.7 Å². The van der Waals surface area contributed by atoms with Gasteiger partial charge in [-0.25, -0.2) is 4.52 Å². The molecule has 0 aliphatic carbocycles. The van der Waals surface area contributed by atoms with E-state index < -0.39 is 0 Å². The van der Waals surface area contributed by atoms with E-state index in [-0.39, 0.29) is 0 Å². The molecular weight excluding hydrogens is 364 g/mol. The van der Waals surface area contributed by atoms with Crippen LogP contribution in [-0.4, -0.2) is 19.8 Å². The molecule has 5 nitrogen and oxygen atoms in total. The molecular formula is C16H11ClN4OS2. The number of H-pyrrole nitrogens is 1. The molecule has 0 aliphatic rings. The molecule has 0 fully saturated rings. The maximum absolute atomic E-state index is 5.97. The Balaban J connectivity index is 1.53. The van der Waals surface area contributed by atoms with Crippen molar-refractivity contribution in [3.05, 3.63) is 63.1 Å². The van der Waals surface area contributed by atoms with Crippen LogP contribution in [0.4, 0.5) is 0 Å². The summed E-state index contributed by atoms with van der Waals surface area (Å²) in [5.74, 6) is 1.50. The normalized spacial score (nSPS) is 11.0. The number of fused-ring (bicyclic) bond motifs is 1. The van der Waals surface area contributed by atoms with Gasteiger partial charge in [0.05, 0.1) is 0 Å². The minimum Gasteiger partial charge on any atom is -0.489 e. The van der Waals surface area contributed by atoms with E-state index in [1.165, 1.54) is 11.3 Å². The third-order valence-corrected chi connectivity index (χ3v) is 4.73. The van der Waals surface area contributed by atoms with Crippen molar-refractivity contribution in [3.8, 4) is 17.1 Å². The summed E-state index contributed by atoms with van der Waals surface area (Å²) < 4.78 is 8.24. The zero-order valence-corrected chi connectivity index (χ0v) is 14.7. The molecule has 2 aromatic heterocycles. The molecule has 120 valence electrons. The Bertz CT molecular complexity index is 1050. The van der Waals surface area contributed by atoms with E-state index in [2.05, 4.69) is 15.3 Å². The summed E-state index contributed by atoms with van der Waals surface area (Å²) in [4.78, 5) is 0.747. The van der Waals surface area contributed by atoms with Crippen molar-refractivity contribution in [2.75, 3.05) is 0 Å². The van der Waals surface area contributed by atoms with Crippen LogP contribution in [0.1, 0.15) is 5.56 Å². The lowest BCUT2D eigenvalue weighted by Crippen LogP contribution is -1.95. The zero-order chi connectivity index (χ0) is 16.5. The van der Waals surface area contributed by atoms with Crippen molar-refractivity contribution < 1.29 is 4.74 Å². The summed E-state index contributed by atoms with van der Waals surface area (Å²) in [6, 6.07) is 15.3. The molecule has 0 saturated carbocycles. The van der Waals surface area contributed by atoms with Gasteiger partial charge in [0.1, 0.15) is 12.4 Å². The molecule has 0 bridgehead atoms. The van der Waals surface area contributed by atoms with Crippen molar-refractivity contribution >= 4 is 40.1 Å². The summed E-state index contributed by atoms with van der Waals surface area (Å²) in [5.41, 5.74) is 1.96. The van der Waals surface area contributed by atoms with E-state index >= 15 is 0 Å². The quantitative estimate of drug-likeness (QED) is 0.524. The smallest absolute Gasteiger partial charge is 0.234 e. The van der Waals surface area contributed by atoms with Crippen LogP contribution >= 0.6 is 35.2 Å². The Kier molecular flexibility index (Phi) is 4.05. The standard InChI is InChI=1S/C16H11ClN4OS2/c17-12-3-1-2-10(8-12)9-22-13-6-4-11(5-7-13)14-18-19-15-21(14)20-16(23)24-15/h1-8H,9H2,(H,20,23). The van der Waals surface area contributed by atoms with Crippen LogP contribution in [0.5, 0.6) is 5.75 Å². The summed E-state index contributed by atoms with van der Waals surface area (Å²) in [5, 5.41) is 12.1. The average molecular weight is 375 g/mol. The van der Waals surface area contributed by atoms with Gasteiger partial charge in [-0.3, -0.25) is 5.10 Å². The number of halogens is 1. The summed E-state index contributed by atoms with van der Waals surface area (Å²) in [7, 11) is 0. The minimum atomic E-state index is 0.465. The summed E-state index contributed by atoms with van der Waals surface area (Å²) in [6.07, 6.45) is 0. The lowest BCUT2D eigenvalue weighted by molar-refractivity contribution is 0.306. The lowest BCUT2D eigenvalue weighted by Gasteiger charge is -2.07. The first kappa shape index (κ1) is 15.3. The Morgan fingerprint density at radius 3 is 2.79 bits per heavy atom. The van der Waals surface area contributed by atoms with Gasteiger partial charge in [-0.15, -0.1) is 10.2 Å². The van der Waals surface area contributed by atoms with Gasteiger partial charge < -0.3 is 4.74 Å². The molecule has 24 heavy (non-hydrogen) atoms. The molecule has 0 atom stereocenters. The fourth-order valence-electron chi connectivity index (χ4n) is 2.31. The largest absolute Gasteiger partial charge is 0.489 e. The van der Waals surface area contributed by atoms with Crippen molar-refractivity contribution in [1.82, 2.24) is 19.8 Å². The first-order valence-electron chi connectivity index (χ1n) is 7.11. The van der Waals surface area contributed by atoms with Crippen LogP contribution in [-0.2, 0) is 6.61 Å². The fourth-order valence-corrected chi connectivity index (χ4v) is 3.45. The van der Waals surface area contributed by atoms with Gasteiger partial charge in [0.2, 0.25) is 4.96 Å². The highest BCUT2D eigenvalue weighted by Crippen LogP contribution is 2.23. The van der Waals surface area contributed by atoms with E-state index in [4.69, 9.17) is 28.6 Å². The third-order valence-electron chi connectivity index (χ3n) is 3.43. The van der Waals surface area contributed by atoms with E-state index in [1.54, 1.807) is 4.52 Å². The summed E-state index contributed by atoms with van der Waals surface area (Å²) >= 11 is 12.5. The number of rotatable bonds is 4. The Morgan fingerprint density at radius 1 is 1.17 bits per heavy atom. The number of aromatic amines is 1. The second kappa shape index (κ2) is 6.35. The molecule has 2 heterocycles. The predicted octanol–water partition coefficient (Wildman–Crippen LogP) is 4.75. The van der Waals surface area contributed by atoms with Crippen LogP contribution < -0.4 is 4.74 Å². The van der Waals surface area contributed by atoms with Gasteiger partial charge in [-0.1, -0.05) is 35.1 Å². The monoisotopic (exact) mass is 374 g/mol. The van der Waals surface area contributed by atoms with Gasteiger partial charge in [0.15, 0.2) is 9.78 Å². The van der Waals surface area contributed by atoms with Crippen LogP contribution in [0, 0.1) is 3.95 Å². The first-order chi connectivity index (χ1) is 11.7. The molecule has 0 aliphatic heterocycles. The van der Waals surface area contributed by atoms with Crippen LogP contribution in [0.15, 0.2) is 48.5 Å². The van der Waals surface area contributed by atoms with Gasteiger partial charge >= 0.3 is 0 Å². The number of benzene rings is 2. The van der Waals surface area contributed by atoms with Crippen molar-refractivity contribution in [2.45, 2.75) is 6.61 Å². The van der Waals surface area contributed by atoms with Crippen LogP contribution in [0.25, 0.3) is 16.3 Å². The fraction of sp³-hybridized carbons (Fsp3) is 0.0625. The maximum Gasteiger partial charge on any atom is 0.234 e. The van der Waals surface area contributed by atoms with Crippen LogP contribution in [0.2, 0.25) is 5.02 Å². The average Bonchev–Trinajstić information content (AvgIpc) is 3.12. The second-order valence-corrected chi connectivity index (χ2v) is 7.17. The molecule has 1 N–H and O–H groups in total. The van der Waals surface area contributed by atoms with Gasteiger partial charge in [0, 0.05) is 10.6 Å². The highest BCUT2D eigenvalue weighted by molar-refractivity contribution is 7.73. The first-order valence-corrected chi connectivity index (χ1v) is 8.71. The van der Waals surface area contributed by atoms with Crippen molar-refractivity contribution in [1.29, 1.82) is 0 Å². The van der Waals surface area contributed by atoms with E-state index in [9.17, 15) is 0 Å². The molecule has 0 saturated heterocycles. The maximum atomic E-state index is 5.97. The number of aromatic nitrogens is 4. The number of hydrogen-bond donors (Lipinski definition) is 1. The Morgan fingerprint density at radius 2 is 2.00 bits per heavy atom. The molecule has 0 spiro atoms. The second-order valence-electron chi connectivity index (χ2n) is 5.09. The summed E-state index contributed by atoms with van der Waals surface area (Å²) in [6.45, 7) is 0.465. The third kappa shape index (κ3) is 3.06. The molecule has 0 radical (unpaired) electrons. The Hall–Kier alpha value is -2.22. The van der Waals surface area contributed by atoms with Crippen molar-refractivity contribution in [3.63, 3.8) is 0 Å². The molecule has 4 rings (SSSR count). The topological polar surface area (TPSA) is 55.2 Å². The van der Waals surface area contributed by atoms with Gasteiger partial charge in [-0.2, -0.15) is 0 Å². The highest BCUT2D eigenvalue weighted by atomic mass is 35.5. The number of hydrogen-bond acceptors (Lipinski definition) is 5. The molecule has 2 aromatic carbocycles. The van der Waals surface area contributed by atoms with E-state index in [0.29, 0.717) is 15.6 Å². The van der Waals surface area contributed by atoms with Crippen LogP contribution in [0.3, 0.4) is 0 Å². The van der Waals surface area contributed by atoms with Gasteiger partial charge in [-0.05, 0) is 54.2 Å². The highest BCUT2D eigenvalue weighted by Gasteiger charge is 2.10. The Labute approximate surface area is 151 Å². The van der Waals surface area contributed by atoms with Crippen molar-refractivity contribution in [2.24, 2.45) is 0 Å². The minimum absolute atomic E-state index is 0.465. The molecule has 8 heteroatoms. The van der Waals surface area contributed by atoms with E-state index in [1.807, 2.05) is 48.5 Å². The lowest BCUT2D eigenvalue weighted by atomic mass is 10.2. The SMILES string of the molecule is S=c1[nH]n2c(-c3ccc(OCc4cccc(Cl)c4)cc3)nnc2s1. The molecule has 4 aromatic rings. The zero-order valence-electron chi connectivity index (χ0n) is 12.3. The molecule has 0 amide bonds.